The van der Waals surface area contributed by atoms with Crippen LogP contribution in [0.4, 0.5) is 0 Å². The van der Waals surface area contributed by atoms with Gasteiger partial charge in [-0.15, -0.1) is 0 Å². The van der Waals surface area contributed by atoms with Gasteiger partial charge in [-0.2, -0.15) is 0 Å². The number of aryl methyl sites for hydroxylation is 1. The van der Waals surface area contributed by atoms with Crippen molar-refractivity contribution in [2.45, 2.75) is 6.92 Å². The van der Waals surface area contributed by atoms with Crippen molar-refractivity contribution < 1.29 is 4.79 Å². The fourth-order valence-corrected chi connectivity index (χ4v) is 1.29. The molecule has 1 heterocycles. The molecule has 0 N–H and O–H groups in total. The van der Waals surface area contributed by atoms with Gasteiger partial charge >= 0.3 is 0 Å². The second kappa shape index (κ2) is 2.45. The number of aromatic nitrogens is 1. The van der Waals surface area contributed by atoms with Crippen LogP contribution in [0.1, 0.15) is 15.2 Å². The highest BCUT2D eigenvalue weighted by Gasteiger charge is 2.06. The molecule has 9 heavy (non-hydrogen) atoms. The van der Waals surface area contributed by atoms with Gasteiger partial charge in [-0.05, 0) is 30.1 Å². The zero-order valence-electron chi connectivity index (χ0n) is 4.72. The van der Waals surface area contributed by atoms with Crippen LogP contribution in [0.2, 0.25) is 0 Å². The largest absolute Gasteiger partial charge is 0.276 e. The second-order valence-corrected chi connectivity index (χ2v) is 2.92. The van der Waals surface area contributed by atoms with Gasteiger partial charge in [0.15, 0.2) is 0 Å². The van der Waals surface area contributed by atoms with Crippen LogP contribution >= 0.6 is 23.1 Å². The average molecular weight is 162 g/mol. The van der Waals surface area contributed by atoms with E-state index in [4.69, 9.17) is 11.6 Å². The molecule has 0 radical (unpaired) electrons. The lowest BCUT2D eigenvalue weighted by Crippen LogP contribution is -1.85. The number of hydrogen-bond acceptors (Lipinski definition) is 3. The van der Waals surface area contributed by atoms with E-state index in [1.807, 2.05) is 6.92 Å². The predicted octanol–water partition coefficient (Wildman–Crippen LogP) is 1.83. The summed E-state index contributed by atoms with van der Waals surface area (Å²) < 4.78 is 3.78. The molecule has 2 nitrogen and oxygen atoms in total. The lowest BCUT2D eigenvalue weighted by molar-refractivity contribution is 0.108. The Balaban J connectivity index is 3.08. The predicted molar refractivity (Wildman–Crippen MR) is 37.0 cm³/mol. The fraction of sp³-hybridized carbons (Fsp3) is 0.200. The van der Waals surface area contributed by atoms with Gasteiger partial charge in [-0.25, -0.2) is 4.37 Å². The molecule has 1 aromatic rings. The minimum Gasteiger partial charge on any atom is -0.276 e. The van der Waals surface area contributed by atoms with Gasteiger partial charge in [0.05, 0.1) is 11.8 Å². The molecule has 4 heteroatoms. The third kappa shape index (κ3) is 1.28. The van der Waals surface area contributed by atoms with Crippen molar-refractivity contribution in [3.05, 3.63) is 16.6 Å². The van der Waals surface area contributed by atoms with E-state index in [2.05, 4.69) is 4.37 Å². The number of halogens is 1. The summed E-state index contributed by atoms with van der Waals surface area (Å²) in [5.41, 5.74) is 0.515. The van der Waals surface area contributed by atoms with Gasteiger partial charge in [0, 0.05) is 4.88 Å². The molecule has 0 saturated carbocycles. The molecule has 0 aliphatic carbocycles. The Morgan fingerprint density at radius 1 is 1.89 bits per heavy atom. The van der Waals surface area contributed by atoms with Crippen molar-refractivity contribution in [2.24, 2.45) is 0 Å². The zero-order chi connectivity index (χ0) is 6.85. The number of rotatable bonds is 1. The van der Waals surface area contributed by atoms with Gasteiger partial charge in [0.1, 0.15) is 0 Å². The number of carbonyl (C=O) groups is 1. The van der Waals surface area contributed by atoms with Gasteiger partial charge in [0.25, 0.3) is 5.24 Å². The van der Waals surface area contributed by atoms with Crippen LogP contribution in [-0.2, 0) is 0 Å². The smallest absolute Gasteiger partial charge is 0.255 e. The van der Waals surface area contributed by atoms with Crippen molar-refractivity contribution in [2.75, 3.05) is 0 Å². The molecule has 0 bridgehead atoms. The van der Waals surface area contributed by atoms with Crippen LogP contribution in [0.3, 0.4) is 0 Å². The van der Waals surface area contributed by atoms with Gasteiger partial charge in [0.2, 0.25) is 0 Å². The van der Waals surface area contributed by atoms with E-state index in [1.165, 1.54) is 17.7 Å². The first-order valence-corrected chi connectivity index (χ1v) is 3.48. The molecule has 0 aromatic carbocycles. The first-order chi connectivity index (χ1) is 4.22. The lowest BCUT2D eigenvalue weighted by atomic mass is 10.3. The van der Waals surface area contributed by atoms with E-state index in [1.54, 1.807) is 0 Å². The van der Waals surface area contributed by atoms with E-state index in [0.717, 1.165) is 4.88 Å². The summed E-state index contributed by atoms with van der Waals surface area (Å²) >= 11 is 6.46. The third-order valence-electron chi connectivity index (χ3n) is 0.962. The summed E-state index contributed by atoms with van der Waals surface area (Å²) in [6, 6.07) is 0. The Morgan fingerprint density at radius 3 is 2.78 bits per heavy atom. The number of nitrogens with zero attached hydrogens (tertiary/aromatic N) is 1. The highest BCUT2D eigenvalue weighted by molar-refractivity contribution is 7.06. The van der Waals surface area contributed by atoms with Crippen molar-refractivity contribution in [1.82, 2.24) is 4.37 Å². The summed E-state index contributed by atoms with van der Waals surface area (Å²) in [5, 5.41) is -0.429. The molecule has 1 aromatic heterocycles. The Hall–Kier alpha value is -0.410. The minimum absolute atomic E-state index is 0.429. The number of carbonyl (C=O) groups excluding carboxylic acids is 1. The topological polar surface area (TPSA) is 30.0 Å². The second-order valence-electron chi connectivity index (χ2n) is 1.57. The van der Waals surface area contributed by atoms with Gasteiger partial charge in [-0.1, -0.05) is 0 Å². The van der Waals surface area contributed by atoms with E-state index in [-0.39, 0.29) is 0 Å². The Bertz CT molecular complexity index is 233. The Labute approximate surface area is 61.6 Å². The first kappa shape index (κ1) is 6.71. The molecule has 1 rings (SSSR count). The van der Waals surface area contributed by atoms with Crippen molar-refractivity contribution in [1.29, 1.82) is 0 Å². The Morgan fingerprint density at radius 2 is 2.56 bits per heavy atom. The highest BCUT2D eigenvalue weighted by Crippen LogP contribution is 2.13. The molecule has 0 fully saturated rings. The lowest BCUT2D eigenvalue weighted by Gasteiger charge is -1.83. The van der Waals surface area contributed by atoms with Crippen LogP contribution in [0.25, 0.3) is 0 Å². The fourth-order valence-electron chi connectivity index (χ4n) is 0.487. The molecular weight excluding hydrogens is 158 g/mol. The van der Waals surface area contributed by atoms with Crippen LogP contribution < -0.4 is 0 Å². The molecular formula is C5H4ClNOS. The summed E-state index contributed by atoms with van der Waals surface area (Å²) in [6.45, 7) is 1.81. The summed E-state index contributed by atoms with van der Waals surface area (Å²) in [4.78, 5) is 11.3. The monoisotopic (exact) mass is 161 g/mol. The average Bonchev–Trinajstić information content (AvgIpc) is 2.13. The Kier molecular flexibility index (Phi) is 1.83. The molecule has 0 spiro atoms. The van der Waals surface area contributed by atoms with Crippen molar-refractivity contribution in [3.8, 4) is 0 Å². The van der Waals surface area contributed by atoms with E-state index in [9.17, 15) is 4.79 Å². The van der Waals surface area contributed by atoms with Crippen LogP contribution in [0.15, 0.2) is 6.20 Å². The molecule has 0 aliphatic rings. The van der Waals surface area contributed by atoms with E-state index < -0.39 is 5.24 Å². The van der Waals surface area contributed by atoms with Gasteiger partial charge in [-0.3, -0.25) is 4.79 Å². The molecule has 0 aliphatic heterocycles. The highest BCUT2D eigenvalue weighted by atomic mass is 35.5. The maximum Gasteiger partial charge on any atom is 0.255 e. The molecule has 0 unspecified atom stereocenters. The minimum atomic E-state index is -0.429. The first-order valence-electron chi connectivity index (χ1n) is 2.33. The maximum absolute atomic E-state index is 10.5. The standard InChI is InChI=1S/C5H4ClNOS/c1-3-4(5(6)8)2-7-9-3/h2H,1H3. The van der Waals surface area contributed by atoms with Crippen molar-refractivity contribution in [3.63, 3.8) is 0 Å². The summed E-state index contributed by atoms with van der Waals surface area (Å²) in [5.74, 6) is 0. The SMILES string of the molecule is Cc1sncc1C(=O)Cl. The summed E-state index contributed by atoms with van der Waals surface area (Å²) in [6.07, 6.45) is 1.48. The molecule has 48 valence electrons. The summed E-state index contributed by atoms with van der Waals surface area (Å²) in [7, 11) is 0. The number of hydrogen-bond donors (Lipinski definition) is 0. The zero-order valence-corrected chi connectivity index (χ0v) is 6.29. The molecule has 0 saturated heterocycles. The normalized spacial score (nSPS) is 9.56. The van der Waals surface area contributed by atoms with Crippen LogP contribution in [0.5, 0.6) is 0 Å². The maximum atomic E-state index is 10.5. The third-order valence-corrected chi connectivity index (χ3v) is 1.87. The van der Waals surface area contributed by atoms with E-state index in [0.29, 0.717) is 5.56 Å². The van der Waals surface area contributed by atoms with E-state index >= 15 is 0 Å². The van der Waals surface area contributed by atoms with Crippen molar-refractivity contribution >= 4 is 28.4 Å². The quantitative estimate of drug-likeness (QED) is 0.589. The molecule has 0 atom stereocenters. The van der Waals surface area contributed by atoms with Crippen LogP contribution in [-0.4, -0.2) is 9.62 Å². The van der Waals surface area contributed by atoms with Gasteiger partial charge < -0.3 is 0 Å². The van der Waals surface area contributed by atoms with Crippen LogP contribution in [0, 0.1) is 6.92 Å². The molecule has 0 amide bonds.